The van der Waals surface area contributed by atoms with E-state index in [-0.39, 0.29) is 0 Å². The largest absolute Gasteiger partial charge is 0.354 e. The summed E-state index contributed by atoms with van der Waals surface area (Å²) in [5.41, 5.74) is 5.14. The highest BCUT2D eigenvalue weighted by Crippen LogP contribution is 2.29. The van der Waals surface area contributed by atoms with E-state index in [0.717, 1.165) is 65.8 Å². The van der Waals surface area contributed by atoms with Crippen molar-refractivity contribution in [1.29, 1.82) is 0 Å². The van der Waals surface area contributed by atoms with Crippen LogP contribution in [0.5, 0.6) is 0 Å². The lowest BCUT2D eigenvalue weighted by Gasteiger charge is -2.33. The van der Waals surface area contributed by atoms with Gasteiger partial charge < -0.3 is 9.80 Å². The number of benzene rings is 2. The zero-order chi connectivity index (χ0) is 21.0. The molecule has 1 saturated heterocycles. The molecule has 5 rings (SSSR count). The van der Waals surface area contributed by atoms with E-state index in [1.54, 1.807) is 0 Å². The Labute approximate surface area is 183 Å². The topological polar surface area (TPSA) is 45.2 Å². The van der Waals surface area contributed by atoms with Gasteiger partial charge in [0.1, 0.15) is 5.82 Å². The van der Waals surface area contributed by atoms with E-state index in [0.29, 0.717) is 0 Å². The predicted octanol–water partition coefficient (Wildman–Crippen LogP) is 4.62. The summed E-state index contributed by atoms with van der Waals surface area (Å²) in [6, 6.07) is 24.8. The first-order valence-electron chi connectivity index (χ1n) is 10.6. The maximum atomic E-state index is 4.93. The van der Waals surface area contributed by atoms with Crippen molar-refractivity contribution >= 4 is 5.82 Å². The monoisotopic (exact) mass is 407 g/mol. The molecule has 0 saturated carbocycles. The fourth-order valence-electron chi connectivity index (χ4n) is 3.86. The molecule has 1 aliphatic rings. The average Bonchev–Trinajstić information content (AvgIpc) is 2.85. The van der Waals surface area contributed by atoms with Gasteiger partial charge in [-0.15, -0.1) is 0 Å². The van der Waals surface area contributed by atoms with E-state index in [1.807, 2.05) is 48.8 Å². The van der Waals surface area contributed by atoms with Crippen LogP contribution in [0.4, 0.5) is 5.82 Å². The molecular weight excluding hydrogens is 382 g/mol. The SMILES string of the molecule is CN1CCN(c2cc(-c3cncc(-c4ccccc4)c3)nc(-c3ccccc3)n2)CC1. The minimum absolute atomic E-state index is 0.747. The number of aromatic nitrogens is 3. The molecule has 5 heteroatoms. The number of hydrogen-bond donors (Lipinski definition) is 0. The van der Waals surface area contributed by atoms with Gasteiger partial charge >= 0.3 is 0 Å². The minimum Gasteiger partial charge on any atom is -0.354 e. The number of pyridine rings is 1. The smallest absolute Gasteiger partial charge is 0.162 e. The maximum Gasteiger partial charge on any atom is 0.162 e. The summed E-state index contributed by atoms with van der Waals surface area (Å²) in [6.07, 6.45) is 3.79. The van der Waals surface area contributed by atoms with Crippen molar-refractivity contribution in [2.24, 2.45) is 0 Å². The third-order valence-corrected chi connectivity index (χ3v) is 5.71. The molecule has 0 radical (unpaired) electrons. The number of likely N-dealkylation sites (N-methyl/N-ethyl adjacent to an activating group) is 1. The average molecular weight is 408 g/mol. The lowest BCUT2D eigenvalue weighted by atomic mass is 10.0. The summed E-state index contributed by atoms with van der Waals surface area (Å²) in [6.45, 7) is 3.99. The molecule has 2 aromatic carbocycles. The van der Waals surface area contributed by atoms with Gasteiger partial charge in [-0.1, -0.05) is 60.7 Å². The van der Waals surface area contributed by atoms with Gasteiger partial charge in [-0.3, -0.25) is 4.98 Å². The van der Waals surface area contributed by atoms with Crippen molar-refractivity contribution < 1.29 is 0 Å². The third kappa shape index (κ3) is 4.32. The molecule has 0 atom stereocenters. The van der Waals surface area contributed by atoms with Gasteiger partial charge in [-0.25, -0.2) is 9.97 Å². The van der Waals surface area contributed by atoms with Crippen LogP contribution in [-0.4, -0.2) is 53.1 Å². The molecule has 0 bridgehead atoms. The van der Waals surface area contributed by atoms with Crippen molar-refractivity contribution in [2.45, 2.75) is 0 Å². The highest BCUT2D eigenvalue weighted by Gasteiger charge is 2.18. The van der Waals surface area contributed by atoms with Crippen LogP contribution in [0.3, 0.4) is 0 Å². The van der Waals surface area contributed by atoms with Crippen LogP contribution < -0.4 is 4.90 Å². The Morgan fingerprint density at radius 2 is 1.29 bits per heavy atom. The van der Waals surface area contributed by atoms with Gasteiger partial charge in [-0.2, -0.15) is 0 Å². The molecule has 1 fully saturated rings. The summed E-state index contributed by atoms with van der Waals surface area (Å²) in [5, 5.41) is 0. The Hall–Kier alpha value is -3.57. The van der Waals surface area contributed by atoms with Gasteiger partial charge in [0, 0.05) is 61.3 Å². The standard InChI is InChI=1S/C26H25N5/c1-30-12-14-31(15-13-30)25-17-24(28-26(29-25)21-10-6-3-7-11-21)23-16-22(18-27-19-23)20-8-4-2-5-9-20/h2-11,16-19H,12-15H2,1H3. The second kappa shape index (κ2) is 8.66. The van der Waals surface area contributed by atoms with Gasteiger partial charge in [0.25, 0.3) is 0 Å². The molecule has 0 unspecified atom stereocenters. The Kier molecular flexibility index (Phi) is 5.42. The first kappa shape index (κ1) is 19.4. The van der Waals surface area contributed by atoms with Crippen LogP contribution in [0.2, 0.25) is 0 Å². The lowest BCUT2D eigenvalue weighted by Crippen LogP contribution is -2.44. The van der Waals surface area contributed by atoms with Crippen LogP contribution in [0, 0.1) is 0 Å². The molecule has 3 heterocycles. The Bertz CT molecular complexity index is 1150. The fraction of sp³-hybridized carbons (Fsp3) is 0.192. The van der Waals surface area contributed by atoms with Gasteiger partial charge in [-0.05, 0) is 18.7 Å². The second-order valence-corrected chi connectivity index (χ2v) is 7.92. The Morgan fingerprint density at radius 1 is 0.645 bits per heavy atom. The molecule has 5 nitrogen and oxygen atoms in total. The summed E-state index contributed by atoms with van der Waals surface area (Å²) in [7, 11) is 2.17. The summed E-state index contributed by atoms with van der Waals surface area (Å²) < 4.78 is 0. The molecule has 1 aliphatic heterocycles. The van der Waals surface area contributed by atoms with Crippen molar-refractivity contribution in [3.05, 3.63) is 85.2 Å². The fourth-order valence-corrected chi connectivity index (χ4v) is 3.86. The zero-order valence-corrected chi connectivity index (χ0v) is 17.6. The van der Waals surface area contributed by atoms with E-state index >= 15 is 0 Å². The highest BCUT2D eigenvalue weighted by molar-refractivity contribution is 5.73. The Balaban J connectivity index is 1.59. The number of piperazine rings is 1. The van der Waals surface area contributed by atoms with Crippen molar-refractivity contribution in [1.82, 2.24) is 19.9 Å². The quantitative estimate of drug-likeness (QED) is 0.494. The first-order chi connectivity index (χ1) is 15.3. The number of anilines is 1. The first-order valence-corrected chi connectivity index (χ1v) is 10.6. The van der Waals surface area contributed by atoms with Crippen molar-refractivity contribution in [3.63, 3.8) is 0 Å². The van der Waals surface area contributed by atoms with Crippen LogP contribution in [0.15, 0.2) is 85.2 Å². The number of nitrogens with zero attached hydrogens (tertiary/aromatic N) is 5. The molecule has 31 heavy (non-hydrogen) atoms. The van der Waals surface area contributed by atoms with Crippen LogP contribution in [-0.2, 0) is 0 Å². The van der Waals surface area contributed by atoms with Gasteiger partial charge in [0.2, 0.25) is 0 Å². The minimum atomic E-state index is 0.747. The molecule has 0 N–H and O–H groups in total. The lowest BCUT2D eigenvalue weighted by molar-refractivity contribution is 0.312. The van der Waals surface area contributed by atoms with E-state index < -0.39 is 0 Å². The van der Waals surface area contributed by atoms with E-state index in [1.165, 1.54) is 0 Å². The van der Waals surface area contributed by atoms with Crippen molar-refractivity contribution in [2.75, 3.05) is 38.1 Å². The van der Waals surface area contributed by atoms with Crippen LogP contribution >= 0.6 is 0 Å². The molecule has 4 aromatic rings. The summed E-state index contributed by atoms with van der Waals surface area (Å²) in [5.74, 6) is 1.72. The molecular formula is C26H25N5. The normalized spacial score (nSPS) is 14.5. The molecule has 2 aromatic heterocycles. The Morgan fingerprint density at radius 3 is 2.00 bits per heavy atom. The van der Waals surface area contributed by atoms with Crippen LogP contribution in [0.1, 0.15) is 0 Å². The van der Waals surface area contributed by atoms with Gasteiger partial charge in [0.15, 0.2) is 5.82 Å². The number of hydrogen-bond acceptors (Lipinski definition) is 5. The van der Waals surface area contributed by atoms with E-state index in [4.69, 9.17) is 9.97 Å². The third-order valence-electron chi connectivity index (χ3n) is 5.71. The predicted molar refractivity (Wildman–Crippen MR) is 126 cm³/mol. The number of rotatable bonds is 4. The molecule has 0 spiro atoms. The summed E-state index contributed by atoms with van der Waals surface area (Å²) >= 11 is 0. The molecule has 154 valence electrons. The van der Waals surface area contributed by atoms with E-state index in [2.05, 4.69) is 58.2 Å². The van der Waals surface area contributed by atoms with Gasteiger partial charge in [0.05, 0.1) is 5.69 Å². The zero-order valence-electron chi connectivity index (χ0n) is 17.6. The van der Waals surface area contributed by atoms with E-state index in [9.17, 15) is 0 Å². The maximum absolute atomic E-state index is 4.93. The summed E-state index contributed by atoms with van der Waals surface area (Å²) in [4.78, 5) is 19.1. The van der Waals surface area contributed by atoms with Crippen LogP contribution in [0.25, 0.3) is 33.8 Å². The second-order valence-electron chi connectivity index (χ2n) is 7.92. The molecule has 0 amide bonds. The highest BCUT2D eigenvalue weighted by atomic mass is 15.3. The van der Waals surface area contributed by atoms with Crippen molar-refractivity contribution in [3.8, 4) is 33.8 Å². The molecule has 0 aliphatic carbocycles.